The van der Waals surface area contributed by atoms with Gasteiger partial charge in [-0.2, -0.15) is 0 Å². The van der Waals surface area contributed by atoms with E-state index in [1.807, 2.05) is 11.3 Å². The van der Waals surface area contributed by atoms with Crippen LogP contribution < -0.4 is 0 Å². The molecule has 0 fully saturated rings. The molecule has 0 bridgehead atoms. The summed E-state index contributed by atoms with van der Waals surface area (Å²) in [5.41, 5.74) is 2.60. The molecule has 0 amide bonds. The number of benzene rings is 1. The van der Waals surface area contributed by atoms with E-state index in [4.69, 9.17) is 5.11 Å². The van der Waals surface area contributed by atoms with Gasteiger partial charge in [-0.1, -0.05) is 12.1 Å². The molecule has 2 nitrogen and oxygen atoms in total. The van der Waals surface area contributed by atoms with Crippen molar-refractivity contribution in [1.82, 2.24) is 0 Å². The Morgan fingerprint density at radius 1 is 1.35 bits per heavy atom. The van der Waals surface area contributed by atoms with E-state index in [1.165, 1.54) is 26.1 Å². The Morgan fingerprint density at radius 2 is 2.12 bits per heavy atom. The van der Waals surface area contributed by atoms with Crippen molar-refractivity contribution in [3.63, 3.8) is 0 Å². The van der Waals surface area contributed by atoms with Crippen molar-refractivity contribution in [3.05, 3.63) is 34.2 Å². The van der Waals surface area contributed by atoms with Crippen LogP contribution in [0.1, 0.15) is 28.8 Å². The van der Waals surface area contributed by atoms with Crippen molar-refractivity contribution in [2.75, 3.05) is 0 Å². The fourth-order valence-corrected chi connectivity index (χ4v) is 3.13. The molecular weight excluding hydrogens is 232 g/mol. The first-order valence-electron chi connectivity index (χ1n) is 5.78. The minimum atomic E-state index is -0.714. The monoisotopic (exact) mass is 248 g/mol. The first-order chi connectivity index (χ1) is 8.08. The smallest absolute Gasteiger partial charge is 0.303 e. The van der Waals surface area contributed by atoms with Gasteiger partial charge in [-0.05, 0) is 49.3 Å². The number of carboxylic acids is 1. The molecule has 0 spiro atoms. The molecule has 0 aliphatic rings. The van der Waals surface area contributed by atoms with Crippen molar-refractivity contribution < 1.29 is 9.90 Å². The second kappa shape index (κ2) is 4.88. The van der Waals surface area contributed by atoms with E-state index >= 15 is 0 Å². The maximum absolute atomic E-state index is 10.5. The van der Waals surface area contributed by atoms with Gasteiger partial charge in [0.15, 0.2) is 0 Å². The van der Waals surface area contributed by atoms with E-state index in [9.17, 15) is 4.79 Å². The highest BCUT2D eigenvalue weighted by Crippen LogP contribution is 2.30. The normalized spacial score (nSPS) is 10.9. The molecule has 0 aliphatic carbocycles. The summed E-state index contributed by atoms with van der Waals surface area (Å²) in [6, 6.07) is 6.47. The zero-order valence-electron chi connectivity index (χ0n) is 10.1. The van der Waals surface area contributed by atoms with Gasteiger partial charge in [-0.15, -0.1) is 11.3 Å². The average Bonchev–Trinajstić information content (AvgIpc) is 2.54. The number of carbonyl (C=O) groups is 1. The number of carboxylic acid groups (broad SMARTS) is 1. The van der Waals surface area contributed by atoms with Gasteiger partial charge in [0.1, 0.15) is 0 Å². The largest absolute Gasteiger partial charge is 0.481 e. The van der Waals surface area contributed by atoms with E-state index in [0.29, 0.717) is 6.42 Å². The summed E-state index contributed by atoms with van der Waals surface area (Å²) in [5.74, 6) is -0.714. The third-order valence-electron chi connectivity index (χ3n) is 3.10. The van der Waals surface area contributed by atoms with Gasteiger partial charge in [0, 0.05) is 16.0 Å². The summed E-state index contributed by atoms with van der Waals surface area (Å²) in [6.45, 7) is 4.29. The number of aliphatic carboxylic acids is 1. The standard InChI is InChI=1S/C14H16O2S/c1-9-10(2)17-13-8-11(6-7-12(9)13)4-3-5-14(15)16/h6-8H,3-5H2,1-2H3,(H,15,16). The summed E-state index contributed by atoms with van der Waals surface area (Å²) in [4.78, 5) is 11.8. The van der Waals surface area contributed by atoms with Crippen LogP contribution in [0.2, 0.25) is 0 Å². The molecule has 1 aromatic carbocycles. The number of aryl methyl sites for hydroxylation is 3. The third kappa shape index (κ3) is 2.67. The molecule has 2 rings (SSSR count). The van der Waals surface area contributed by atoms with Gasteiger partial charge in [-0.3, -0.25) is 4.79 Å². The molecular formula is C14H16O2S. The van der Waals surface area contributed by atoms with Crippen LogP contribution in [0.15, 0.2) is 18.2 Å². The topological polar surface area (TPSA) is 37.3 Å². The van der Waals surface area contributed by atoms with E-state index in [1.54, 1.807) is 0 Å². The van der Waals surface area contributed by atoms with Gasteiger partial charge < -0.3 is 5.11 Å². The second-order valence-corrected chi connectivity index (χ2v) is 5.62. The molecule has 3 heteroatoms. The number of rotatable bonds is 4. The van der Waals surface area contributed by atoms with Crippen molar-refractivity contribution in [1.29, 1.82) is 0 Å². The lowest BCUT2D eigenvalue weighted by molar-refractivity contribution is -0.137. The van der Waals surface area contributed by atoms with Crippen LogP contribution in [0.3, 0.4) is 0 Å². The Balaban J connectivity index is 2.17. The maximum Gasteiger partial charge on any atom is 0.303 e. The Kier molecular flexibility index (Phi) is 3.48. The highest BCUT2D eigenvalue weighted by atomic mass is 32.1. The zero-order valence-corrected chi connectivity index (χ0v) is 10.9. The Hall–Kier alpha value is -1.35. The minimum absolute atomic E-state index is 0.251. The summed E-state index contributed by atoms with van der Waals surface area (Å²) in [6.07, 6.45) is 1.81. The van der Waals surface area contributed by atoms with Crippen LogP contribution in [0.5, 0.6) is 0 Å². The Labute approximate surface area is 105 Å². The van der Waals surface area contributed by atoms with Crippen molar-refractivity contribution in [2.24, 2.45) is 0 Å². The zero-order chi connectivity index (χ0) is 12.4. The lowest BCUT2D eigenvalue weighted by Gasteiger charge is -2.00. The summed E-state index contributed by atoms with van der Waals surface area (Å²) in [5, 5.41) is 9.93. The first kappa shape index (κ1) is 12.1. The van der Waals surface area contributed by atoms with Crippen molar-refractivity contribution in [2.45, 2.75) is 33.1 Å². The molecule has 1 heterocycles. The number of hydrogen-bond donors (Lipinski definition) is 1. The lowest BCUT2D eigenvalue weighted by Crippen LogP contribution is -1.95. The van der Waals surface area contributed by atoms with Gasteiger partial charge in [-0.25, -0.2) is 0 Å². The van der Waals surface area contributed by atoms with Crippen LogP contribution >= 0.6 is 11.3 Å². The van der Waals surface area contributed by atoms with Gasteiger partial charge in [0.05, 0.1) is 0 Å². The van der Waals surface area contributed by atoms with Crippen LogP contribution in [-0.2, 0) is 11.2 Å². The molecule has 0 radical (unpaired) electrons. The minimum Gasteiger partial charge on any atom is -0.481 e. The maximum atomic E-state index is 10.5. The van der Waals surface area contributed by atoms with Crippen LogP contribution in [0.25, 0.3) is 10.1 Å². The second-order valence-electron chi connectivity index (χ2n) is 4.36. The highest BCUT2D eigenvalue weighted by molar-refractivity contribution is 7.19. The van der Waals surface area contributed by atoms with Gasteiger partial charge >= 0.3 is 5.97 Å². The number of thiophene rings is 1. The SMILES string of the molecule is Cc1sc2cc(CCCC(=O)O)ccc2c1C. The number of fused-ring (bicyclic) bond motifs is 1. The van der Waals surface area contributed by atoms with E-state index < -0.39 is 5.97 Å². The van der Waals surface area contributed by atoms with E-state index in [2.05, 4.69) is 32.0 Å². The third-order valence-corrected chi connectivity index (χ3v) is 4.27. The molecule has 1 N–H and O–H groups in total. The Bertz CT molecular complexity index is 555. The summed E-state index contributed by atoms with van der Waals surface area (Å²) < 4.78 is 1.31. The van der Waals surface area contributed by atoms with E-state index in [0.717, 1.165) is 6.42 Å². The molecule has 0 unspecified atom stereocenters. The van der Waals surface area contributed by atoms with E-state index in [-0.39, 0.29) is 6.42 Å². The molecule has 1 aromatic heterocycles. The molecule has 90 valence electrons. The van der Waals surface area contributed by atoms with Crippen molar-refractivity contribution in [3.8, 4) is 0 Å². The van der Waals surface area contributed by atoms with Gasteiger partial charge in [0.25, 0.3) is 0 Å². The highest BCUT2D eigenvalue weighted by Gasteiger charge is 2.05. The van der Waals surface area contributed by atoms with Gasteiger partial charge in [0.2, 0.25) is 0 Å². The van der Waals surface area contributed by atoms with Crippen LogP contribution in [0, 0.1) is 13.8 Å². The lowest BCUT2D eigenvalue weighted by atomic mass is 10.1. The molecule has 17 heavy (non-hydrogen) atoms. The average molecular weight is 248 g/mol. The summed E-state index contributed by atoms with van der Waals surface area (Å²) >= 11 is 1.82. The van der Waals surface area contributed by atoms with Crippen LogP contribution in [-0.4, -0.2) is 11.1 Å². The number of hydrogen-bond acceptors (Lipinski definition) is 2. The molecule has 2 aromatic rings. The fraction of sp³-hybridized carbons (Fsp3) is 0.357. The molecule has 0 atom stereocenters. The fourth-order valence-electron chi connectivity index (χ4n) is 1.99. The predicted molar refractivity (Wildman–Crippen MR) is 71.9 cm³/mol. The first-order valence-corrected chi connectivity index (χ1v) is 6.60. The quantitative estimate of drug-likeness (QED) is 0.890. The molecule has 0 saturated carbocycles. The molecule has 0 saturated heterocycles. The predicted octanol–water partition coefficient (Wildman–Crippen LogP) is 3.93. The molecule has 0 aliphatic heterocycles. The Morgan fingerprint density at radius 3 is 2.82 bits per heavy atom. The van der Waals surface area contributed by atoms with Crippen molar-refractivity contribution >= 4 is 27.4 Å². The van der Waals surface area contributed by atoms with Crippen LogP contribution in [0.4, 0.5) is 0 Å². The summed E-state index contributed by atoms with van der Waals surface area (Å²) in [7, 11) is 0.